The monoisotopic (exact) mass is 296 g/mol. The fraction of sp³-hybridized carbons (Fsp3) is 0.0714. The molecule has 0 bridgehead atoms. The number of rotatable bonds is 4. The second kappa shape index (κ2) is 6.28. The quantitative estimate of drug-likeness (QED) is 0.589. The second-order valence-corrected chi connectivity index (χ2v) is 5.43. The molecule has 4 heteroatoms. The Bertz CT molecular complexity index is 552. The van der Waals surface area contributed by atoms with Gasteiger partial charge < -0.3 is 0 Å². The number of alkyl halides is 1. The predicted molar refractivity (Wildman–Crippen MR) is 77.1 cm³/mol. The summed E-state index contributed by atoms with van der Waals surface area (Å²) in [6.45, 7) is 0. The highest BCUT2D eigenvalue weighted by atomic mass is 35.5. The van der Waals surface area contributed by atoms with E-state index in [9.17, 15) is 4.79 Å². The summed E-state index contributed by atoms with van der Waals surface area (Å²) in [5, 5.41) is 0.699. The van der Waals surface area contributed by atoms with Crippen LogP contribution in [0.15, 0.2) is 58.3 Å². The molecule has 0 unspecified atom stereocenters. The van der Waals surface area contributed by atoms with Crippen molar-refractivity contribution in [2.45, 2.75) is 9.79 Å². The average Bonchev–Trinajstić information content (AvgIpc) is 2.41. The van der Waals surface area contributed by atoms with E-state index in [2.05, 4.69) is 0 Å². The van der Waals surface area contributed by atoms with Gasteiger partial charge in [-0.15, -0.1) is 11.6 Å². The Balaban J connectivity index is 2.28. The molecule has 18 heavy (non-hydrogen) atoms. The van der Waals surface area contributed by atoms with Gasteiger partial charge in [-0.2, -0.15) is 0 Å². The molecule has 0 heterocycles. The van der Waals surface area contributed by atoms with Crippen molar-refractivity contribution >= 4 is 40.7 Å². The van der Waals surface area contributed by atoms with E-state index in [1.807, 2.05) is 42.5 Å². The molecule has 1 nitrogen and oxygen atoms in total. The van der Waals surface area contributed by atoms with Crippen LogP contribution in [-0.2, 0) is 0 Å². The van der Waals surface area contributed by atoms with E-state index in [1.54, 1.807) is 6.07 Å². The van der Waals surface area contributed by atoms with Crippen LogP contribution in [0, 0.1) is 0 Å². The molecule has 0 fully saturated rings. The summed E-state index contributed by atoms with van der Waals surface area (Å²) in [6.07, 6.45) is 0. The number of benzene rings is 2. The molecule has 0 N–H and O–H groups in total. The molecule has 0 radical (unpaired) electrons. The van der Waals surface area contributed by atoms with Crippen LogP contribution in [0.5, 0.6) is 0 Å². The van der Waals surface area contributed by atoms with Gasteiger partial charge in [0.2, 0.25) is 0 Å². The van der Waals surface area contributed by atoms with Crippen LogP contribution < -0.4 is 0 Å². The maximum absolute atomic E-state index is 11.7. The van der Waals surface area contributed by atoms with Gasteiger partial charge in [0.1, 0.15) is 0 Å². The van der Waals surface area contributed by atoms with Crippen molar-refractivity contribution in [3.8, 4) is 0 Å². The molecule has 0 aromatic heterocycles. The number of hydrogen-bond acceptors (Lipinski definition) is 2. The zero-order valence-corrected chi connectivity index (χ0v) is 11.7. The molecule has 0 atom stereocenters. The van der Waals surface area contributed by atoms with Crippen LogP contribution in [-0.4, -0.2) is 11.7 Å². The Hall–Kier alpha value is -0.960. The number of halogens is 2. The smallest absolute Gasteiger partial charge is 0.178 e. The SMILES string of the molecule is O=C(CCl)c1ccccc1Sc1ccc(Cl)cc1. The van der Waals surface area contributed by atoms with Gasteiger partial charge in [-0.25, -0.2) is 0 Å². The molecule has 0 amide bonds. The summed E-state index contributed by atoms with van der Waals surface area (Å²) < 4.78 is 0. The zero-order valence-electron chi connectivity index (χ0n) is 9.40. The van der Waals surface area contributed by atoms with E-state index in [0.29, 0.717) is 10.6 Å². The van der Waals surface area contributed by atoms with Gasteiger partial charge in [0.15, 0.2) is 5.78 Å². The maximum atomic E-state index is 11.7. The Morgan fingerprint density at radius 3 is 2.39 bits per heavy atom. The molecule has 0 saturated heterocycles. The lowest BCUT2D eigenvalue weighted by atomic mass is 10.1. The molecule has 2 rings (SSSR count). The largest absolute Gasteiger partial charge is 0.293 e. The molecule has 2 aromatic carbocycles. The fourth-order valence-corrected chi connectivity index (χ4v) is 2.72. The fourth-order valence-electron chi connectivity index (χ4n) is 1.49. The van der Waals surface area contributed by atoms with E-state index >= 15 is 0 Å². The lowest BCUT2D eigenvalue weighted by Crippen LogP contribution is -2.01. The van der Waals surface area contributed by atoms with Crippen molar-refractivity contribution in [2.24, 2.45) is 0 Å². The molecule has 0 aliphatic rings. The second-order valence-electron chi connectivity index (χ2n) is 3.61. The van der Waals surface area contributed by atoms with Gasteiger partial charge in [0.25, 0.3) is 0 Å². The van der Waals surface area contributed by atoms with Crippen LogP contribution in [0.2, 0.25) is 5.02 Å². The van der Waals surface area contributed by atoms with Crippen molar-refractivity contribution < 1.29 is 4.79 Å². The van der Waals surface area contributed by atoms with Crippen molar-refractivity contribution in [3.05, 3.63) is 59.1 Å². The topological polar surface area (TPSA) is 17.1 Å². The standard InChI is InChI=1S/C14H10Cl2OS/c15-9-13(17)12-3-1-2-4-14(12)18-11-7-5-10(16)6-8-11/h1-8H,9H2. The summed E-state index contributed by atoms with van der Waals surface area (Å²) in [5.41, 5.74) is 0.660. The Kier molecular flexibility index (Phi) is 4.70. The van der Waals surface area contributed by atoms with Crippen molar-refractivity contribution in [1.29, 1.82) is 0 Å². The number of Topliss-reactive ketones (excluding diaryl/α,β-unsaturated/α-hetero) is 1. The Labute approximate surface area is 120 Å². The van der Waals surface area contributed by atoms with E-state index in [-0.39, 0.29) is 11.7 Å². The molecule has 0 spiro atoms. The first-order valence-electron chi connectivity index (χ1n) is 5.32. The maximum Gasteiger partial charge on any atom is 0.178 e. The Morgan fingerprint density at radius 1 is 1.06 bits per heavy atom. The van der Waals surface area contributed by atoms with Gasteiger partial charge in [-0.05, 0) is 30.3 Å². The van der Waals surface area contributed by atoms with E-state index in [0.717, 1.165) is 9.79 Å². The van der Waals surface area contributed by atoms with Gasteiger partial charge in [-0.1, -0.05) is 41.6 Å². The Morgan fingerprint density at radius 2 is 1.72 bits per heavy atom. The van der Waals surface area contributed by atoms with Crippen LogP contribution in [0.25, 0.3) is 0 Å². The normalized spacial score (nSPS) is 10.3. The van der Waals surface area contributed by atoms with E-state index in [1.165, 1.54) is 11.8 Å². The number of hydrogen-bond donors (Lipinski definition) is 0. The molecule has 0 aliphatic carbocycles. The predicted octanol–water partition coefficient (Wildman–Crippen LogP) is 4.91. The lowest BCUT2D eigenvalue weighted by molar-refractivity contribution is 0.101. The van der Waals surface area contributed by atoms with Crippen LogP contribution >= 0.6 is 35.0 Å². The summed E-state index contributed by atoms with van der Waals surface area (Å²) in [7, 11) is 0. The van der Waals surface area contributed by atoms with Crippen LogP contribution in [0.3, 0.4) is 0 Å². The van der Waals surface area contributed by atoms with Gasteiger partial charge in [0, 0.05) is 20.4 Å². The summed E-state index contributed by atoms with van der Waals surface area (Å²) in [4.78, 5) is 13.7. The first kappa shape index (κ1) is 13.5. The minimum atomic E-state index is -0.0614. The summed E-state index contributed by atoms with van der Waals surface area (Å²) in [6, 6.07) is 15.0. The van der Waals surface area contributed by atoms with Crippen molar-refractivity contribution in [2.75, 3.05) is 5.88 Å². The third-order valence-electron chi connectivity index (χ3n) is 2.35. The van der Waals surface area contributed by atoms with Crippen molar-refractivity contribution in [1.82, 2.24) is 0 Å². The molecule has 0 saturated carbocycles. The van der Waals surface area contributed by atoms with Gasteiger partial charge in [-0.3, -0.25) is 4.79 Å². The zero-order chi connectivity index (χ0) is 13.0. The minimum absolute atomic E-state index is 0.00179. The molecular weight excluding hydrogens is 287 g/mol. The lowest BCUT2D eigenvalue weighted by Gasteiger charge is -2.07. The summed E-state index contributed by atoms with van der Waals surface area (Å²) >= 11 is 13.0. The van der Waals surface area contributed by atoms with Crippen LogP contribution in [0.4, 0.5) is 0 Å². The van der Waals surface area contributed by atoms with E-state index < -0.39 is 0 Å². The average molecular weight is 297 g/mol. The molecule has 92 valence electrons. The molecule has 2 aromatic rings. The van der Waals surface area contributed by atoms with Crippen LogP contribution in [0.1, 0.15) is 10.4 Å². The van der Waals surface area contributed by atoms with Crippen molar-refractivity contribution in [3.63, 3.8) is 0 Å². The summed E-state index contributed by atoms with van der Waals surface area (Å²) in [5.74, 6) is -0.0632. The highest BCUT2D eigenvalue weighted by Crippen LogP contribution is 2.31. The molecule has 0 aliphatic heterocycles. The third kappa shape index (κ3) is 3.29. The highest BCUT2D eigenvalue weighted by molar-refractivity contribution is 7.99. The van der Waals surface area contributed by atoms with Gasteiger partial charge >= 0.3 is 0 Å². The number of ketones is 1. The number of carbonyl (C=O) groups excluding carboxylic acids is 1. The molecular formula is C14H10Cl2OS. The number of carbonyl (C=O) groups is 1. The van der Waals surface area contributed by atoms with Gasteiger partial charge in [0.05, 0.1) is 5.88 Å². The first-order chi connectivity index (χ1) is 8.70. The third-order valence-corrected chi connectivity index (χ3v) is 3.93. The highest BCUT2D eigenvalue weighted by Gasteiger charge is 2.10. The van der Waals surface area contributed by atoms with E-state index in [4.69, 9.17) is 23.2 Å². The first-order valence-corrected chi connectivity index (χ1v) is 7.05. The minimum Gasteiger partial charge on any atom is -0.293 e.